The van der Waals surface area contributed by atoms with Crippen LogP contribution in [0.5, 0.6) is 5.75 Å². The number of rotatable bonds is 6. The highest BCUT2D eigenvalue weighted by molar-refractivity contribution is 5.38. The maximum absolute atomic E-state index is 10.1. The predicted molar refractivity (Wildman–Crippen MR) is 66.8 cm³/mol. The zero-order valence-corrected chi connectivity index (χ0v) is 10.5. The minimum atomic E-state index is -0.401. The smallest absolute Gasteiger partial charge is 0.124 e. The van der Waals surface area contributed by atoms with E-state index >= 15 is 0 Å². The van der Waals surface area contributed by atoms with Crippen LogP contribution in [0, 0.1) is 6.92 Å². The third-order valence-corrected chi connectivity index (χ3v) is 2.83. The number of hydrogen-bond acceptors (Lipinski definition) is 2. The lowest BCUT2D eigenvalue weighted by molar-refractivity contribution is 0.159. The molecule has 1 aromatic rings. The van der Waals surface area contributed by atoms with Crippen molar-refractivity contribution in [1.82, 2.24) is 0 Å². The van der Waals surface area contributed by atoms with Gasteiger partial charge in [0.15, 0.2) is 0 Å². The van der Waals surface area contributed by atoms with Gasteiger partial charge in [0.2, 0.25) is 0 Å². The van der Waals surface area contributed by atoms with E-state index in [-0.39, 0.29) is 0 Å². The molecule has 16 heavy (non-hydrogen) atoms. The molecule has 0 spiro atoms. The molecule has 0 aliphatic heterocycles. The van der Waals surface area contributed by atoms with E-state index in [4.69, 9.17) is 4.74 Å². The largest absolute Gasteiger partial charge is 0.496 e. The average Bonchev–Trinajstić information content (AvgIpc) is 2.29. The molecule has 2 nitrogen and oxygen atoms in total. The third-order valence-electron chi connectivity index (χ3n) is 2.83. The highest BCUT2D eigenvalue weighted by Crippen LogP contribution is 2.29. The molecule has 1 N–H and O–H groups in total. The van der Waals surface area contributed by atoms with Crippen LogP contribution in [0.15, 0.2) is 18.2 Å². The highest BCUT2D eigenvalue weighted by atomic mass is 16.5. The summed E-state index contributed by atoms with van der Waals surface area (Å²) in [5.41, 5.74) is 2.07. The Morgan fingerprint density at radius 3 is 2.69 bits per heavy atom. The van der Waals surface area contributed by atoms with Crippen LogP contribution in [0.4, 0.5) is 0 Å². The topological polar surface area (TPSA) is 29.5 Å². The van der Waals surface area contributed by atoms with Crippen molar-refractivity contribution in [3.8, 4) is 5.75 Å². The van der Waals surface area contributed by atoms with Crippen molar-refractivity contribution in [2.75, 3.05) is 7.11 Å². The van der Waals surface area contributed by atoms with Gasteiger partial charge in [-0.15, -0.1) is 0 Å². The van der Waals surface area contributed by atoms with E-state index in [2.05, 4.69) is 6.92 Å². The summed E-state index contributed by atoms with van der Waals surface area (Å²) in [5, 5.41) is 10.1. The van der Waals surface area contributed by atoms with Crippen LogP contribution in [0.2, 0.25) is 0 Å². The lowest BCUT2D eigenvalue weighted by Gasteiger charge is -2.15. The average molecular weight is 222 g/mol. The van der Waals surface area contributed by atoms with E-state index in [0.717, 1.165) is 29.7 Å². The minimum Gasteiger partial charge on any atom is -0.496 e. The van der Waals surface area contributed by atoms with E-state index in [1.807, 2.05) is 25.1 Å². The van der Waals surface area contributed by atoms with Gasteiger partial charge in [0.1, 0.15) is 5.75 Å². The van der Waals surface area contributed by atoms with Gasteiger partial charge in [0, 0.05) is 5.56 Å². The maximum atomic E-state index is 10.1. The summed E-state index contributed by atoms with van der Waals surface area (Å²) in [7, 11) is 1.65. The molecule has 0 aliphatic rings. The SMILES string of the molecule is CCCCCC(O)c1cc(C)ccc1OC. The number of aliphatic hydroxyl groups is 1. The van der Waals surface area contributed by atoms with Gasteiger partial charge in [0.05, 0.1) is 13.2 Å². The number of hydrogen-bond donors (Lipinski definition) is 1. The lowest BCUT2D eigenvalue weighted by atomic mass is 10.0. The molecule has 90 valence electrons. The summed E-state index contributed by atoms with van der Waals surface area (Å²) < 4.78 is 5.27. The normalized spacial score (nSPS) is 12.5. The molecule has 0 amide bonds. The standard InChI is InChI=1S/C14H22O2/c1-4-5-6-7-13(15)12-10-11(2)8-9-14(12)16-3/h8-10,13,15H,4-7H2,1-3H3. The monoisotopic (exact) mass is 222 g/mol. The fourth-order valence-electron chi connectivity index (χ4n) is 1.86. The van der Waals surface area contributed by atoms with Gasteiger partial charge in [-0.3, -0.25) is 0 Å². The number of aliphatic hydroxyl groups excluding tert-OH is 1. The van der Waals surface area contributed by atoms with E-state index in [9.17, 15) is 5.11 Å². The summed E-state index contributed by atoms with van der Waals surface area (Å²) in [6.45, 7) is 4.20. The molecule has 1 rings (SSSR count). The van der Waals surface area contributed by atoms with Crippen LogP contribution in [0.25, 0.3) is 0 Å². The zero-order chi connectivity index (χ0) is 12.0. The molecule has 0 aromatic heterocycles. The van der Waals surface area contributed by atoms with Crippen molar-refractivity contribution >= 4 is 0 Å². The zero-order valence-electron chi connectivity index (χ0n) is 10.5. The van der Waals surface area contributed by atoms with Gasteiger partial charge in [-0.1, -0.05) is 37.8 Å². The van der Waals surface area contributed by atoms with Crippen LogP contribution >= 0.6 is 0 Å². The Bertz CT molecular complexity index is 321. The molecule has 1 aromatic carbocycles. The van der Waals surface area contributed by atoms with E-state index in [0.29, 0.717) is 0 Å². The van der Waals surface area contributed by atoms with Crippen LogP contribution in [-0.4, -0.2) is 12.2 Å². The minimum absolute atomic E-state index is 0.401. The van der Waals surface area contributed by atoms with Gasteiger partial charge >= 0.3 is 0 Å². The molecule has 2 heteroatoms. The van der Waals surface area contributed by atoms with Crippen LogP contribution < -0.4 is 4.74 Å². The Kier molecular flexibility index (Phi) is 5.33. The van der Waals surface area contributed by atoms with Crippen LogP contribution in [0.1, 0.15) is 49.8 Å². The predicted octanol–water partition coefficient (Wildman–Crippen LogP) is 3.62. The summed E-state index contributed by atoms with van der Waals surface area (Å²) >= 11 is 0. The molecule has 0 heterocycles. The van der Waals surface area contributed by atoms with Crippen molar-refractivity contribution in [1.29, 1.82) is 0 Å². The molecule has 0 aliphatic carbocycles. The van der Waals surface area contributed by atoms with Gasteiger partial charge < -0.3 is 9.84 Å². The Morgan fingerprint density at radius 2 is 2.06 bits per heavy atom. The fourth-order valence-corrected chi connectivity index (χ4v) is 1.86. The second-order valence-electron chi connectivity index (χ2n) is 4.26. The summed E-state index contributed by atoms with van der Waals surface area (Å²) in [6.07, 6.45) is 3.83. The number of ether oxygens (including phenoxy) is 1. The van der Waals surface area contributed by atoms with E-state index in [1.165, 1.54) is 12.8 Å². The molecule has 0 radical (unpaired) electrons. The number of methoxy groups -OCH3 is 1. The molecule has 0 bridgehead atoms. The Hall–Kier alpha value is -1.02. The second-order valence-corrected chi connectivity index (χ2v) is 4.26. The number of aryl methyl sites for hydroxylation is 1. The van der Waals surface area contributed by atoms with Crippen molar-refractivity contribution < 1.29 is 9.84 Å². The molecule has 1 unspecified atom stereocenters. The third kappa shape index (κ3) is 3.53. The molecule has 1 atom stereocenters. The lowest BCUT2D eigenvalue weighted by Crippen LogP contribution is -2.01. The molecular formula is C14H22O2. The van der Waals surface area contributed by atoms with Gasteiger partial charge in [-0.2, -0.15) is 0 Å². The fraction of sp³-hybridized carbons (Fsp3) is 0.571. The van der Waals surface area contributed by atoms with Gasteiger partial charge in [-0.05, 0) is 25.5 Å². The number of benzene rings is 1. The first kappa shape index (κ1) is 13.0. The van der Waals surface area contributed by atoms with Crippen LogP contribution in [0.3, 0.4) is 0 Å². The quantitative estimate of drug-likeness (QED) is 0.745. The molecular weight excluding hydrogens is 200 g/mol. The summed E-state index contributed by atoms with van der Waals surface area (Å²) in [4.78, 5) is 0. The Labute approximate surface area is 98.3 Å². The van der Waals surface area contributed by atoms with Crippen molar-refractivity contribution in [2.24, 2.45) is 0 Å². The van der Waals surface area contributed by atoms with Gasteiger partial charge in [-0.25, -0.2) is 0 Å². The van der Waals surface area contributed by atoms with Crippen molar-refractivity contribution in [3.63, 3.8) is 0 Å². The summed E-state index contributed by atoms with van der Waals surface area (Å²) in [5.74, 6) is 0.787. The van der Waals surface area contributed by atoms with E-state index in [1.54, 1.807) is 7.11 Å². The van der Waals surface area contributed by atoms with E-state index < -0.39 is 6.10 Å². The first-order valence-corrected chi connectivity index (χ1v) is 6.01. The molecule has 0 saturated heterocycles. The number of unbranched alkanes of at least 4 members (excludes halogenated alkanes) is 2. The highest BCUT2D eigenvalue weighted by Gasteiger charge is 2.12. The maximum Gasteiger partial charge on any atom is 0.124 e. The van der Waals surface area contributed by atoms with Gasteiger partial charge in [0.25, 0.3) is 0 Å². The first-order valence-electron chi connectivity index (χ1n) is 6.01. The van der Waals surface area contributed by atoms with Crippen LogP contribution in [-0.2, 0) is 0 Å². The molecule has 0 saturated carbocycles. The summed E-state index contributed by atoms with van der Waals surface area (Å²) in [6, 6.07) is 5.93. The second kappa shape index (κ2) is 6.54. The van der Waals surface area contributed by atoms with Crippen molar-refractivity contribution in [2.45, 2.75) is 45.6 Å². The molecule has 0 fully saturated rings. The Balaban J connectivity index is 2.72. The first-order chi connectivity index (χ1) is 7.69. The van der Waals surface area contributed by atoms with Crippen molar-refractivity contribution in [3.05, 3.63) is 29.3 Å². The Morgan fingerprint density at radius 1 is 1.31 bits per heavy atom.